The smallest absolute Gasteiger partial charge is 0.251 e. The maximum atomic E-state index is 12.4. The van der Waals surface area contributed by atoms with Gasteiger partial charge in [-0.3, -0.25) is 4.79 Å². The first-order valence-corrected chi connectivity index (χ1v) is 10.6. The Labute approximate surface area is 178 Å². The number of aryl methyl sites for hydroxylation is 3. The number of fused-ring (bicyclic) bond motifs is 1. The predicted octanol–water partition coefficient (Wildman–Crippen LogP) is 5.01. The summed E-state index contributed by atoms with van der Waals surface area (Å²) in [6.45, 7) is 6.66. The molecular weight excluding hydrogens is 404 g/mol. The van der Waals surface area contributed by atoms with E-state index in [4.69, 9.17) is 11.6 Å². The van der Waals surface area contributed by atoms with E-state index in [1.165, 1.54) is 10.4 Å². The third-order valence-electron chi connectivity index (χ3n) is 5.02. The first kappa shape index (κ1) is 19.6. The Morgan fingerprint density at radius 1 is 1.10 bits per heavy atom. The largest absolute Gasteiger partial charge is 0.352 e. The van der Waals surface area contributed by atoms with Crippen LogP contribution in [-0.4, -0.2) is 27.0 Å². The molecule has 2 heterocycles. The Kier molecular flexibility index (Phi) is 5.39. The number of halogens is 1. The number of aromatic nitrogens is 3. The van der Waals surface area contributed by atoms with E-state index >= 15 is 0 Å². The van der Waals surface area contributed by atoms with Crippen LogP contribution >= 0.6 is 22.9 Å². The van der Waals surface area contributed by atoms with Crippen molar-refractivity contribution in [3.8, 4) is 11.4 Å². The molecule has 29 heavy (non-hydrogen) atoms. The molecule has 0 radical (unpaired) electrons. The molecule has 1 N–H and O–H groups in total. The summed E-state index contributed by atoms with van der Waals surface area (Å²) in [6, 6.07) is 13.3. The molecule has 0 aliphatic heterocycles. The summed E-state index contributed by atoms with van der Waals surface area (Å²) in [6.07, 6.45) is 0.744. The highest BCUT2D eigenvalue weighted by Gasteiger charge is 2.15. The van der Waals surface area contributed by atoms with Crippen molar-refractivity contribution in [2.45, 2.75) is 27.2 Å². The minimum atomic E-state index is -0.0461. The van der Waals surface area contributed by atoms with Crippen LogP contribution in [-0.2, 0) is 6.42 Å². The van der Waals surface area contributed by atoms with Gasteiger partial charge in [0.15, 0.2) is 5.82 Å². The molecule has 4 rings (SSSR count). The lowest BCUT2D eigenvalue weighted by atomic mass is 10.1. The van der Waals surface area contributed by atoms with Crippen molar-refractivity contribution in [1.29, 1.82) is 0 Å². The van der Waals surface area contributed by atoms with Crippen LogP contribution in [0.15, 0.2) is 42.5 Å². The van der Waals surface area contributed by atoms with E-state index in [1.54, 1.807) is 11.3 Å². The van der Waals surface area contributed by atoms with E-state index in [0.717, 1.165) is 28.2 Å². The molecule has 0 atom stereocenters. The average molecular weight is 425 g/mol. The second-order valence-corrected chi connectivity index (χ2v) is 8.55. The number of benzene rings is 2. The van der Waals surface area contributed by atoms with Crippen LogP contribution in [0.3, 0.4) is 0 Å². The zero-order chi connectivity index (χ0) is 20.5. The van der Waals surface area contributed by atoms with Crippen LogP contribution in [0.5, 0.6) is 0 Å². The molecule has 148 valence electrons. The van der Waals surface area contributed by atoms with Gasteiger partial charge in [-0.15, -0.1) is 5.10 Å². The highest BCUT2D eigenvalue weighted by Crippen LogP contribution is 2.25. The van der Waals surface area contributed by atoms with E-state index in [1.807, 2.05) is 67.8 Å². The Balaban J connectivity index is 1.44. The molecule has 2 aromatic heterocycles. The Hall–Kier alpha value is -2.70. The first-order valence-electron chi connectivity index (χ1n) is 9.39. The van der Waals surface area contributed by atoms with Gasteiger partial charge >= 0.3 is 0 Å². The number of thiazole rings is 1. The van der Waals surface area contributed by atoms with Crippen molar-refractivity contribution in [3.05, 3.63) is 74.7 Å². The third kappa shape index (κ3) is 4.04. The summed E-state index contributed by atoms with van der Waals surface area (Å²) in [4.78, 5) is 19.0. The maximum Gasteiger partial charge on any atom is 0.251 e. The molecule has 0 saturated heterocycles. The van der Waals surface area contributed by atoms with Gasteiger partial charge in [-0.2, -0.15) is 4.98 Å². The molecule has 0 aliphatic rings. The van der Waals surface area contributed by atoms with Crippen LogP contribution in [0.25, 0.3) is 16.3 Å². The molecule has 0 saturated carbocycles. The van der Waals surface area contributed by atoms with Crippen molar-refractivity contribution in [2.75, 3.05) is 6.54 Å². The fourth-order valence-corrected chi connectivity index (χ4v) is 4.29. The molecule has 0 bridgehead atoms. The molecule has 2 aromatic carbocycles. The zero-order valence-corrected chi connectivity index (χ0v) is 18.1. The van der Waals surface area contributed by atoms with Gasteiger partial charge in [0.25, 0.3) is 5.91 Å². The number of nitrogens with zero attached hydrogens (tertiary/aromatic N) is 3. The fourth-order valence-electron chi connectivity index (χ4n) is 3.11. The lowest BCUT2D eigenvalue weighted by molar-refractivity contribution is 0.0954. The minimum absolute atomic E-state index is 0.0461. The van der Waals surface area contributed by atoms with E-state index in [9.17, 15) is 4.79 Å². The predicted molar refractivity (Wildman–Crippen MR) is 118 cm³/mol. The molecule has 0 spiro atoms. The Bertz CT molecular complexity index is 1190. The van der Waals surface area contributed by atoms with Gasteiger partial charge in [-0.1, -0.05) is 29.0 Å². The second kappa shape index (κ2) is 7.97. The van der Waals surface area contributed by atoms with E-state index < -0.39 is 0 Å². The number of hydrogen-bond donors (Lipinski definition) is 1. The number of nitrogens with one attached hydrogen (secondary N) is 1. The Morgan fingerprint density at radius 3 is 2.55 bits per heavy atom. The highest BCUT2D eigenvalue weighted by atomic mass is 35.5. The standard InChI is InChI=1S/C22H21ClN4OS/c1-13-4-5-17(12-14(13)2)21(28)24-11-10-19-15(3)27-22(29-19)25-20(26-27)16-6-8-18(23)9-7-16/h4-9,12H,10-11H2,1-3H3,(H,24,28). The van der Waals surface area contributed by atoms with Gasteiger partial charge in [0, 0.05) is 34.0 Å². The first-order chi connectivity index (χ1) is 13.9. The Morgan fingerprint density at radius 2 is 1.86 bits per heavy atom. The SMILES string of the molecule is Cc1ccc(C(=O)NCCc2sc3nc(-c4ccc(Cl)cc4)nn3c2C)cc1C. The van der Waals surface area contributed by atoms with Crippen molar-refractivity contribution in [1.82, 2.24) is 19.9 Å². The summed E-state index contributed by atoms with van der Waals surface area (Å²) >= 11 is 7.56. The summed E-state index contributed by atoms with van der Waals surface area (Å²) in [7, 11) is 0. The zero-order valence-electron chi connectivity index (χ0n) is 16.5. The monoisotopic (exact) mass is 424 g/mol. The van der Waals surface area contributed by atoms with E-state index in [2.05, 4.69) is 15.4 Å². The maximum absolute atomic E-state index is 12.4. The molecule has 0 unspecified atom stereocenters. The van der Waals surface area contributed by atoms with Gasteiger partial charge in [-0.05, 0) is 68.3 Å². The quantitative estimate of drug-likeness (QED) is 0.490. The lowest BCUT2D eigenvalue weighted by Crippen LogP contribution is -2.25. The number of carbonyl (C=O) groups excluding carboxylic acids is 1. The van der Waals surface area contributed by atoms with E-state index in [0.29, 0.717) is 23.0 Å². The van der Waals surface area contributed by atoms with Crippen LogP contribution in [0, 0.1) is 20.8 Å². The van der Waals surface area contributed by atoms with Crippen molar-refractivity contribution in [3.63, 3.8) is 0 Å². The normalized spacial score (nSPS) is 11.2. The lowest BCUT2D eigenvalue weighted by Gasteiger charge is -2.07. The third-order valence-corrected chi connectivity index (χ3v) is 6.47. The molecule has 0 aliphatic carbocycles. The van der Waals surface area contributed by atoms with Crippen molar-refractivity contribution < 1.29 is 4.79 Å². The second-order valence-electron chi connectivity index (χ2n) is 7.05. The molecule has 0 fully saturated rings. The number of carbonyl (C=O) groups is 1. The summed E-state index contributed by atoms with van der Waals surface area (Å²) in [5, 5.41) is 8.32. The van der Waals surface area contributed by atoms with E-state index in [-0.39, 0.29) is 5.91 Å². The van der Waals surface area contributed by atoms with Crippen molar-refractivity contribution >= 4 is 33.8 Å². The number of rotatable bonds is 5. The highest BCUT2D eigenvalue weighted by molar-refractivity contribution is 7.17. The van der Waals surface area contributed by atoms with Crippen LogP contribution in [0.1, 0.15) is 32.1 Å². The minimum Gasteiger partial charge on any atom is -0.352 e. The van der Waals surface area contributed by atoms with Crippen LogP contribution in [0.2, 0.25) is 5.02 Å². The van der Waals surface area contributed by atoms with Crippen LogP contribution in [0.4, 0.5) is 0 Å². The van der Waals surface area contributed by atoms with Gasteiger partial charge in [-0.25, -0.2) is 4.52 Å². The van der Waals surface area contributed by atoms with Gasteiger partial charge in [0.1, 0.15) is 0 Å². The molecule has 1 amide bonds. The topological polar surface area (TPSA) is 59.3 Å². The average Bonchev–Trinajstić information content (AvgIpc) is 3.24. The number of amides is 1. The summed E-state index contributed by atoms with van der Waals surface area (Å²) in [5.41, 5.74) is 4.99. The molecule has 5 nitrogen and oxygen atoms in total. The number of hydrogen-bond acceptors (Lipinski definition) is 4. The summed E-state index contributed by atoms with van der Waals surface area (Å²) in [5.74, 6) is 0.640. The molecule has 4 aromatic rings. The van der Waals surface area contributed by atoms with Gasteiger partial charge in [0.2, 0.25) is 4.96 Å². The molecule has 7 heteroatoms. The van der Waals surface area contributed by atoms with Gasteiger partial charge < -0.3 is 5.32 Å². The fraction of sp³-hybridized carbons (Fsp3) is 0.227. The van der Waals surface area contributed by atoms with Gasteiger partial charge in [0.05, 0.1) is 5.69 Å². The summed E-state index contributed by atoms with van der Waals surface area (Å²) < 4.78 is 1.87. The molecular formula is C22H21ClN4OS. The van der Waals surface area contributed by atoms with Crippen molar-refractivity contribution in [2.24, 2.45) is 0 Å². The van der Waals surface area contributed by atoms with Crippen LogP contribution < -0.4 is 5.32 Å².